The minimum absolute atomic E-state index is 0.239. The lowest BCUT2D eigenvalue weighted by atomic mass is 10.1. The Bertz CT molecular complexity index is 520. The Kier molecular flexibility index (Phi) is 2.40. The van der Waals surface area contributed by atoms with Crippen molar-refractivity contribution in [2.24, 2.45) is 0 Å². The summed E-state index contributed by atoms with van der Waals surface area (Å²) in [5.41, 5.74) is 0.371. The molecule has 2 atom stereocenters. The molecule has 0 bridgehead atoms. The van der Waals surface area contributed by atoms with Gasteiger partial charge in [-0.15, -0.1) is 11.6 Å². The quantitative estimate of drug-likeness (QED) is 0.669. The van der Waals surface area contributed by atoms with Gasteiger partial charge in [-0.2, -0.15) is 0 Å². The number of hydrogen-bond acceptors (Lipinski definition) is 1. The monoisotopic (exact) mass is 238 g/mol. The summed E-state index contributed by atoms with van der Waals surface area (Å²) in [7, 11) is 0. The number of fused-ring (bicyclic) bond motifs is 1. The van der Waals surface area contributed by atoms with Gasteiger partial charge in [-0.3, -0.25) is 0 Å². The smallest absolute Gasteiger partial charge is 0.169 e. The Morgan fingerprint density at radius 2 is 2.19 bits per heavy atom. The molecule has 0 radical (unpaired) electrons. The maximum atomic E-state index is 13.4. The summed E-state index contributed by atoms with van der Waals surface area (Å²) in [4.78, 5) is 0. The van der Waals surface area contributed by atoms with Crippen molar-refractivity contribution in [2.75, 3.05) is 0 Å². The van der Waals surface area contributed by atoms with Crippen LogP contribution in [0.25, 0.3) is 11.0 Å². The van der Waals surface area contributed by atoms with Gasteiger partial charge in [-0.1, -0.05) is 12.1 Å². The first-order valence-electron chi connectivity index (χ1n) is 5.56. The van der Waals surface area contributed by atoms with E-state index >= 15 is 0 Å². The van der Waals surface area contributed by atoms with Crippen LogP contribution in [-0.4, -0.2) is 5.38 Å². The first-order valence-corrected chi connectivity index (χ1v) is 5.99. The lowest BCUT2D eigenvalue weighted by Crippen LogP contribution is -1.91. The highest BCUT2D eigenvalue weighted by atomic mass is 35.5. The average molecular weight is 239 g/mol. The minimum atomic E-state index is -0.288. The number of halogens is 2. The molecule has 84 valence electrons. The predicted molar refractivity (Wildman–Crippen MR) is 62.4 cm³/mol. The maximum absolute atomic E-state index is 13.4. The van der Waals surface area contributed by atoms with Crippen LogP contribution in [0.2, 0.25) is 0 Å². The molecule has 1 aromatic heterocycles. The number of para-hydroxylation sites is 1. The molecular weight excluding hydrogens is 227 g/mol. The maximum Gasteiger partial charge on any atom is 0.169 e. The van der Waals surface area contributed by atoms with E-state index in [1.165, 1.54) is 6.07 Å². The average Bonchev–Trinajstić information content (AvgIpc) is 2.84. The summed E-state index contributed by atoms with van der Waals surface area (Å²) in [6.07, 6.45) is 2.99. The van der Waals surface area contributed by atoms with Crippen molar-refractivity contribution >= 4 is 22.6 Å². The van der Waals surface area contributed by atoms with E-state index in [0.717, 1.165) is 30.4 Å². The van der Waals surface area contributed by atoms with Crippen molar-refractivity contribution in [3.8, 4) is 0 Å². The van der Waals surface area contributed by atoms with Crippen LogP contribution in [0.1, 0.15) is 30.9 Å². The predicted octanol–water partition coefficient (Wildman–Crippen LogP) is 4.45. The molecule has 2 unspecified atom stereocenters. The minimum Gasteiger partial charge on any atom is -0.458 e. The number of benzene rings is 1. The zero-order valence-corrected chi connectivity index (χ0v) is 9.51. The molecule has 1 aliphatic carbocycles. The topological polar surface area (TPSA) is 13.1 Å². The third-order valence-electron chi connectivity index (χ3n) is 3.29. The second-order valence-corrected chi connectivity index (χ2v) is 5.03. The third-order valence-corrected chi connectivity index (χ3v) is 3.68. The molecule has 1 aromatic carbocycles. The van der Waals surface area contributed by atoms with Gasteiger partial charge in [0.1, 0.15) is 5.76 Å². The van der Waals surface area contributed by atoms with E-state index in [9.17, 15) is 4.39 Å². The van der Waals surface area contributed by atoms with Crippen LogP contribution in [0.4, 0.5) is 4.39 Å². The van der Waals surface area contributed by atoms with Gasteiger partial charge >= 0.3 is 0 Å². The summed E-state index contributed by atoms with van der Waals surface area (Å²) in [5.74, 6) is 0.946. The molecule has 16 heavy (non-hydrogen) atoms. The number of hydrogen-bond donors (Lipinski definition) is 0. The van der Waals surface area contributed by atoms with Crippen LogP contribution in [0.5, 0.6) is 0 Å². The van der Waals surface area contributed by atoms with Gasteiger partial charge in [-0.05, 0) is 31.4 Å². The molecule has 1 nitrogen and oxygen atoms in total. The van der Waals surface area contributed by atoms with Crippen LogP contribution in [0.15, 0.2) is 28.7 Å². The molecule has 0 aliphatic heterocycles. The van der Waals surface area contributed by atoms with Gasteiger partial charge in [0, 0.05) is 16.7 Å². The summed E-state index contributed by atoms with van der Waals surface area (Å²) >= 11 is 6.07. The summed E-state index contributed by atoms with van der Waals surface area (Å²) in [5, 5.41) is 1.08. The molecule has 3 rings (SSSR count). The van der Waals surface area contributed by atoms with E-state index in [1.807, 2.05) is 12.1 Å². The lowest BCUT2D eigenvalue weighted by molar-refractivity contribution is 0.478. The fourth-order valence-corrected chi connectivity index (χ4v) is 2.77. The Labute approximate surface area is 98.2 Å². The van der Waals surface area contributed by atoms with Crippen molar-refractivity contribution in [1.82, 2.24) is 0 Å². The van der Waals surface area contributed by atoms with Crippen LogP contribution < -0.4 is 0 Å². The van der Waals surface area contributed by atoms with Crippen molar-refractivity contribution in [1.29, 1.82) is 0 Å². The molecule has 1 fully saturated rings. The van der Waals surface area contributed by atoms with Crippen LogP contribution >= 0.6 is 11.6 Å². The molecule has 0 amide bonds. The van der Waals surface area contributed by atoms with Crippen LogP contribution in [-0.2, 0) is 0 Å². The van der Waals surface area contributed by atoms with Gasteiger partial charge in [0.05, 0.1) is 0 Å². The van der Waals surface area contributed by atoms with Gasteiger partial charge < -0.3 is 4.42 Å². The number of furan rings is 1. The fourth-order valence-electron chi connectivity index (χ4n) is 2.43. The highest BCUT2D eigenvalue weighted by molar-refractivity contribution is 6.20. The SMILES string of the molecule is Fc1cccc2cc(C3CCC(Cl)C3)oc12. The van der Waals surface area contributed by atoms with Gasteiger partial charge in [0.15, 0.2) is 11.4 Å². The molecular formula is C13H12ClFO. The summed E-state index contributed by atoms with van der Waals surface area (Å²) in [6, 6.07) is 6.95. The highest BCUT2D eigenvalue weighted by Crippen LogP contribution is 2.39. The Morgan fingerprint density at radius 3 is 2.88 bits per heavy atom. The number of rotatable bonds is 1. The van der Waals surface area contributed by atoms with Crippen LogP contribution in [0.3, 0.4) is 0 Å². The van der Waals surface area contributed by atoms with Crippen molar-refractivity contribution in [3.63, 3.8) is 0 Å². The fraction of sp³-hybridized carbons (Fsp3) is 0.385. The Hall–Kier alpha value is -1.02. The molecule has 2 aromatic rings. The van der Waals surface area contributed by atoms with E-state index in [1.54, 1.807) is 6.07 Å². The molecule has 0 saturated heterocycles. The first kappa shape index (κ1) is 10.2. The van der Waals surface area contributed by atoms with Crippen LogP contribution in [0, 0.1) is 5.82 Å². The van der Waals surface area contributed by atoms with E-state index in [2.05, 4.69) is 0 Å². The van der Waals surface area contributed by atoms with Crippen molar-refractivity contribution in [3.05, 3.63) is 35.8 Å². The molecule has 1 saturated carbocycles. The van der Waals surface area contributed by atoms with E-state index < -0.39 is 0 Å². The third kappa shape index (κ3) is 1.61. The zero-order chi connectivity index (χ0) is 11.1. The van der Waals surface area contributed by atoms with Crippen molar-refractivity contribution in [2.45, 2.75) is 30.6 Å². The Morgan fingerprint density at radius 1 is 1.31 bits per heavy atom. The second kappa shape index (κ2) is 3.77. The lowest BCUT2D eigenvalue weighted by Gasteiger charge is -2.03. The van der Waals surface area contributed by atoms with E-state index in [0.29, 0.717) is 11.5 Å². The van der Waals surface area contributed by atoms with Gasteiger partial charge in [-0.25, -0.2) is 4.39 Å². The zero-order valence-electron chi connectivity index (χ0n) is 8.75. The molecule has 0 N–H and O–H groups in total. The number of alkyl halides is 1. The van der Waals surface area contributed by atoms with E-state index in [4.69, 9.17) is 16.0 Å². The highest BCUT2D eigenvalue weighted by Gasteiger charge is 2.27. The molecule has 1 aliphatic rings. The Balaban J connectivity index is 2.02. The molecule has 3 heteroatoms. The molecule has 0 spiro atoms. The summed E-state index contributed by atoms with van der Waals surface area (Å²) < 4.78 is 19.0. The van der Waals surface area contributed by atoms with Crippen molar-refractivity contribution < 1.29 is 8.81 Å². The second-order valence-electron chi connectivity index (χ2n) is 4.41. The van der Waals surface area contributed by atoms with Gasteiger partial charge in [0.2, 0.25) is 0 Å². The van der Waals surface area contributed by atoms with E-state index in [-0.39, 0.29) is 11.2 Å². The largest absolute Gasteiger partial charge is 0.458 e. The first-order chi connectivity index (χ1) is 7.74. The standard InChI is InChI=1S/C13H12ClFO/c14-10-5-4-8(6-10)12-7-9-2-1-3-11(15)13(9)16-12/h1-3,7-8,10H,4-6H2. The summed E-state index contributed by atoms with van der Waals surface area (Å²) in [6.45, 7) is 0. The normalized spacial score (nSPS) is 25.4. The van der Waals surface area contributed by atoms with Gasteiger partial charge in [0.25, 0.3) is 0 Å². The molecule has 1 heterocycles.